The van der Waals surface area contributed by atoms with Crippen LogP contribution in [0.4, 0.5) is 5.69 Å². The number of hydrogen-bond acceptors (Lipinski definition) is 2. The lowest BCUT2D eigenvalue weighted by molar-refractivity contribution is 0.217. The molecule has 0 radical (unpaired) electrons. The molecule has 2 nitrogen and oxygen atoms in total. The van der Waals surface area contributed by atoms with Crippen molar-refractivity contribution in [1.29, 1.82) is 0 Å². The lowest BCUT2D eigenvalue weighted by atomic mass is 9.77. The van der Waals surface area contributed by atoms with E-state index in [1.54, 1.807) is 0 Å². The van der Waals surface area contributed by atoms with Gasteiger partial charge in [-0.05, 0) is 85.0 Å². The van der Waals surface area contributed by atoms with E-state index >= 15 is 0 Å². The number of anilines is 1. The lowest BCUT2D eigenvalue weighted by Gasteiger charge is -2.40. The fraction of sp³-hybridized carbons (Fsp3) is 0.647. The molecule has 3 heteroatoms. The van der Waals surface area contributed by atoms with Crippen LogP contribution in [0.2, 0.25) is 0 Å². The summed E-state index contributed by atoms with van der Waals surface area (Å²) in [5.74, 6) is 0.809. The molecule has 20 heavy (non-hydrogen) atoms. The van der Waals surface area contributed by atoms with Gasteiger partial charge in [0.15, 0.2) is 0 Å². The van der Waals surface area contributed by atoms with E-state index in [1.807, 2.05) is 0 Å². The first-order chi connectivity index (χ1) is 9.83. The van der Waals surface area contributed by atoms with Gasteiger partial charge in [-0.25, -0.2) is 0 Å². The summed E-state index contributed by atoms with van der Waals surface area (Å²) in [6.45, 7) is 1.22. The highest BCUT2D eigenvalue weighted by Gasteiger charge is 2.32. The number of hydrogen-bond donors (Lipinski definition) is 2. The van der Waals surface area contributed by atoms with Crippen LogP contribution in [0.1, 0.15) is 44.9 Å². The first-order valence-electron chi connectivity index (χ1n) is 8.08. The highest BCUT2D eigenvalue weighted by atomic mass is 127. The van der Waals surface area contributed by atoms with Gasteiger partial charge in [0, 0.05) is 21.3 Å². The van der Waals surface area contributed by atoms with E-state index in [0.717, 1.165) is 12.0 Å². The van der Waals surface area contributed by atoms with Crippen molar-refractivity contribution >= 4 is 28.3 Å². The molecule has 3 atom stereocenters. The van der Waals surface area contributed by atoms with Crippen LogP contribution >= 0.6 is 22.6 Å². The molecule has 1 saturated heterocycles. The number of benzene rings is 1. The van der Waals surface area contributed by atoms with E-state index in [4.69, 9.17) is 0 Å². The summed E-state index contributed by atoms with van der Waals surface area (Å²) in [6, 6.07) is 10.2. The van der Waals surface area contributed by atoms with Crippen molar-refractivity contribution in [2.24, 2.45) is 5.92 Å². The SMILES string of the molecule is Ic1ccc(NC2CCCCC2C2CCCCN2)cc1. The van der Waals surface area contributed by atoms with Crippen LogP contribution in [-0.4, -0.2) is 18.6 Å². The molecule has 3 unspecified atom stereocenters. The summed E-state index contributed by atoms with van der Waals surface area (Å²) in [6.07, 6.45) is 9.64. The lowest BCUT2D eigenvalue weighted by Crippen LogP contribution is -2.48. The largest absolute Gasteiger partial charge is 0.382 e. The molecule has 1 aliphatic heterocycles. The Kier molecular flexibility index (Phi) is 5.21. The summed E-state index contributed by atoms with van der Waals surface area (Å²) in [4.78, 5) is 0. The van der Waals surface area contributed by atoms with Crippen molar-refractivity contribution in [2.45, 2.75) is 57.0 Å². The van der Waals surface area contributed by atoms with Gasteiger partial charge in [-0.1, -0.05) is 19.3 Å². The van der Waals surface area contributed by atoms with Crippen molar-refractivity contribution in [2.75, 3.05) is 11.9 Å². The fourth-order valence-electron chi connectivity index (χ4n) is 3.82. The highest BCUT2D eigenvalue weighted by Crippen LogP contribution is 2.32. The molecule has 1 aromatic rings. The zero-order chi connectivity index (χ0) is 13.8. The van der Waals surface area contributed by atoms with Crippen LogP contribution in [0.5, 0.6) is 0 Å². The van der Waals surface area contributed by atoms with Gasteiger partial charge in [-0.2, -0.15) is 0 Å². The van der Waals surface area contributed by atoms with Gasteiger partial charge in [-0.3, -0.25) is 0 Å². The summed E-state index contributed by atoms with van der Waals surface area (Å²) < 4.78 is 1.31. The van der Waals surface area contributed by atoms with E-state index in [9.17, 15) is 0 Å². The molecule has 0 aromatic heterocycles. The molecule has 1 aliphatic carbocycles. The smallest absolute Gasteiger partial charge is 0.0343 e. The zero-order valence-electron chi connectivity index (χ0n) is 12.1. The molecule has 110 valence electrons. The molecule has 0 bridgehead atoms. The first-order valence-corrected chi connectivity index (χ1v) is 9.16. The second-order valence-electron chi connectivity index (χ2n) is 6.26. The Morgan fingerprint density at radius 3 is 2.45 bits per heavy atom. The molecular formula is C17H25IN2. The highest BCUT2D eigenvalue weighted by molar-refractivity contribution is 14.1. The van der Waals surface area contributed by atoms with Crippen LogP contribution in [0.15, 0.2) is 24.3 Å². The predicted molar refractivity (Wildman–Crippen MR) is 94.2 cm³/mol. The Bertz CT molecular complexity index is 412. The second-order valence-corrected chi connectivity index (χ2v) is 7.51. The number of rotatable bonds is 3. The molecular weight excluding hydrogens is 359 g/mol. The average Bonchev–Trinajstić information content (AvgIpc) is 2.51. The number of nitrogens with one attached hydrogen (secondary N) is 2. The Morgan fingerprint density at radius 1 is 0.950 bits per heavy atom. The van der Waals surface area contributed by atoms with Gasteiger partial charge < -0.3 is 10.6 Å². The topological polar surface area (TPSA) is 24.1 Å². The van der Waals surface area contributed by atoms with Crippen LogP contribution in [0, 0.1) is 9.49 Å². The minimum Gasteiger partial charge on any atom is -0.382 e. The Hall–Kier alpha value is -0.290. The van der Waals surface area contributed by atoms with Crippen molar-refractivity contribution in [3.8, 4) is 0 Å². The third-order valence-electron chi connectivity index (χ3n) is 4.88. The Labute approximate surface area is 136 Å². The van der Waals surface area contributed by atoms with Crippen LogP contribution in [-0.2, 0) is 0 Å². The predicted octanol–water partition coefficient (Wildman–Crippen LogP) is 4.40. The molecule has 1 heterocycles. The monoisotopic (exact) mass is 384 g/mol. The standard InChI is InChI=1S/C17H25IN2/c18-13-8-10-14(11-9-13)20-17-7-2-1-5-15(17)16-6-3-4-12-19-16/h8-11,15-17,19-20H,1-7,12H2. The van der Waals surface area contributed by atoms with Gasteiger partial charge in [0.2, 0.25) is 0 Å². The number of halogens is 1. The van der Waals surface area contributed by atoms with Crippen molar-refractivity contribution in [1.82, 2.24) is 5.32 Å². The molecule has 2 N–H and O–H groups in total. The minimum absolute atomic E-state index is 0.652. The van der Waals surface area contributed by atoms with Crippen molar-refractivity contribution in [3.63, 3.8) is 0 Å². The number of piperidine rings is 1. The van der Waals surface area contributed by atoms with Gasteiger partial charge in [0.05, 0.1) is 0 Å². The van der Waals surface area contributed by atoms with Crippen molar-refractivity contribution in [3.05, 3.63) is 27.8 Å². The van der Waals surface area contributed by atoms with E-state index in [-0.39, 0.29) is 0 Å². The third-order valence-corrected chi connectivity index (χ3v) is 5.60. The summed E-state index contributed by atoms with van der Waals surface area (Å²) in [7, 11) is 0. The van der Waals surface area contributed by atoms with Gasteiger partial charge in [0.25, 0.3) is 0 Å². The van der Waals surface area contributed by atoms with Crippen molar-refractivity contribution < 1.29 is 0 Å². The third kappa shape index (κ3) is 3.67. The van der Waals surface area contributed by atoms with E-state index in [2.05, 4.69) is 57.5 Å². The summed E-state index contributed by atoms with van der Waals surface area (Å²) >= 11 is 2.37. The van der Waals surface area contributed by atoms with Crippen LogP contribution < -0.4 is 10.6 Å². The molecule has 1 saturated carbocycles. The van der Waals surface area contributed by atoms with E-state index in [1.165, 1.54) is 60.7 Å². The maximum atomic E-state index is 3.81. The Morgan fingerprint density at radius 2 is 1.70 bits per heavy atom. The molecule has 1 aromatic carbocycles. The van der Waals surface area contributed by atoms with Gasteiger partial charge in [-0.15, -0.1) is 0 Å². The fourth-order valence-corrected chi connectivity index (χ4v) is 4.18. The quantitative estimate of drug-likeness (QED) is 0.755. The van der Waals surface area contributed by atoms with Gasteiger partial charge >= 0.3 is 0 Å². The first kappa shape index (κ1) is 14.6. The summed E-state index contributed by atoms with van der Waals surface area (Å²) in [5.41, 5.74) is 1.29. The van der Waals surface area contributed by atoms with E-state index in [0.29, 0.717) is 6.04 Å². The van der Waals surface area contributed by atoms with Crippen LogP contribution in [0.3, 0.4) is 0 Å². The molecule has 3 rings (SSSR count). The maximum absolute atomic E-state index is 3.81. The molecule has 0 spiro atoms. The maximum Gasteiger partial charge on any atom is 0.0343 e. The molecule has 2 aliphatic rings. The average molecular weight is 384 g/mol. The molecule has 2 fully saturated rings. The van der Waals surface area contributed by atoms with Crippen LogP contribution in [0.25, 0.3) is 0 Å². The molecule has 0 amide bonds. The summed E-state index contributed by atoms with van der Waals surface area (Å²) in [5, 5.41) is 7.58. The van der Waals surface area contributed by atoms with Gasteiger partial charge in [0.1, 0.15) is 0 Å². The zero-order valence-corrected chi connectivity index (χ0v) is 14.2. The normalized spacial score (nSPS) is 30.9. The minimum atomic E-state index is 0.652. The second kappa shape index (κ2) is 7.12. The Balaban J connectivity index is 1.66. The van der Waals surface area contributed by atoms with E-state index < -0.39 is 0 Å².